The predicted octanol–water partition coefficient (Wildman–Crippen LogP) is 4.90. The van der Waals surface area contributed by atoms with E-state index in [1.165, 1.54) is 18.4 Å². The first-order valence-electron chi connectivity index (χ1n) is 15.7. The van der Waals surface area contributed by atoms with Gasteiger partial charge in [0.15, 0.2) is 11.6 Å². The molecule has 2 aromatic heterocycles. The topological polar surface area (TPSA) is 135 Å². The van der Waals surface area contributed by atoms with Crippen LogP contribution in [0.5, 0.6) is 5.75 Å². The van der Waals surface area contributed by atoms with E-state index in [1.807, 2.05) is 36.0 Å². The highest BCUT2D eigenvalue weighted by atomic mass is 35.5. The Morgan fingerprint density at radius 1 is 1.20 bits per heavy atom. The third-order valence-electron chi connectivity index (χ3n) is 8.73. The summed E-state index contributed by atoms with van der Waals surface area (Å²) in [4.78, 5) is 19.4. The number of thiocarbonyl (C=S) groups is 1. The number of primary amides is 1. The summed E-state index contributed by atoms with van der Waals surface area (Å²) >= 11 is 12.4. The van der Waals surface area contributed by atoms with E-state index in [4.69, 9.17) is 39.0 Å². The lowest BCUT2D eigenvalue weighted by atomic mass is 9.98. The van der Waals surface area contributed by atoms with Gasteiger partial charge in [0.1, 0.15) is 28.4 Å². The first-order chi connectivity index (χ1) is 23.3. The van der Waals surface area contributed by atoms with Crippen LogP contribution in [-0.2, 0) is 26.4 Å². The molecular formula is C34H36ClFN6O5S2. The number of amides is 1. The summed E-state index contributed by atoms with van der Waals surface area (Å²) in [5.74, 6) is -1.28. The number of imidazole rings is 1. The molecule has 1 unspecified atom stereocenters. The highest BCUT2D eigenvalue weighted by Crippen LogP contribution is 2.38. The number of hydrogen-bond donors (Lipinski definition) is 1. The number of nitrogens with two attached hydrogens (primary N) is 1. The molecule has 6 rings (SSSR count). The van der Waals surface area contributed by atoms with Crippen LogP contribution in [0.2, 0.25) is 5.02 Å². The second-order valence-corrected chi connectivity index (χ2v) is 15.4. The average molecular weight is 727 g/mol. The monoisotopic (exact) mass is 726 g/mol. The summed E-state index contributed by atoms with van der Waals surface area (Å²) < 4.78 is 54.2. The van der Waals surface area contributed by atoms with E-state index in [1.54, 1.807) is 36.3 Å². The van der Waals surface area contributed by atoms with Crippen LogP contribution in [0.15, 0.2) is 66.8 Å². The third kappa shape index (κ3) is 7.78. The molecule has 49 heavy (non-hydrogen) atoms. The number of piperidine rings is 1. The molecule has 0 saturated carbocycles. The van der Waals surface area contributed by atoms with Crippen LogP contribution in [0.4, 0.5) is 4.39 Å². The normalized spacial score (nSPS) is 18.4. The van der Waals surface area contributed by atoms with E-state index in [0.717, 1.165) is 22.2 Å². The molecule has 1 amide bonds. The zero-order valence-corrected chi connectivity index (χ0v) is 29.6. The molecule has 1 aliphatic carbocycles. The van der Waals surface area contributed by atoms with E-state index in [0.29, 0.717) is 43.7 Å². The molecule has 2 aliphatic rings. The fourth-order valence-electron chi connectivity index (χ4n) is 6.04. The molecule has 258 valence electrons. The van der Waals surface area contributed by atoms with Gasteiger partial charge in [0, 0.05) is 56.0 Å². The molecule has 2 aromatic carbocycles. The molecule has 1 fully saturated rings. The van der Waals surface area contributed by atoms with Gasteiger partial charge in [-0.15, -0.1) is 0 Å². The Morgan fingerprint density at radius 2 is 1.96 bits per heavy atom. The van der Waals surface area contributed by atoms with Crippen LogP contribution in [0.3, 0.4) is 0 Å². The van der Waals surface area contributed by atoms with E-state index >= 15 is 4.39 Å². The first kappa shape index (κ1) is 34.9. The number of likely N-dealkylation sites (tertiary alicyclic amines) is 1. The quantitative estimate of drug-likeness (QED) is 0.214. The molecule has 2 N–H and O–H groups in total. The molecule has 15 heteroatoms. The number of fused-ring (bicyclic) bond motifs is 1. The lowest BCUT2D eigenvalue weighted by Crippen LogP contribution is -2.40. The molecule has 11 nitrogen and oxygen atoms in total. The van der Waals surface area contributed by atoms with Gasteiger partial charge in [0.2, 0.25) is 5.91 Å². The number of hydrogen-bond acceptors (Lipinski definition) is 9. The Kier molecular flexibility index (Phi) is 10.1. The molecule has 0 radical (unpaired) electrons. The van der Waals surface area contributed by atoms with Crippen molar-refractivity contribution in [1.82, 2.24) is 24.2 Å². The lowest BCUT2D eigenvalue weighted by Gasteiger charge is -2.32. The van der Waals surface area contributed by atoms with Crippen molar-refractivity contribution in [3.8, 4) is 16.9 Å². The maximum absolute atomic E-state index is 15.1. The van der Waals surface area contributed by atoms with E-state index in [9.17, 15) is 13.2 Å². The van der Waals surface area contributed by atoms with E-state index < -0.39 is 33.8 Å². The standard InChI is InChI=1S/C34H36ClFN6O5S2/c1-20(25-5-6-27(36)32(31(25)35)47-24-8-10-41(11-9-24)12-13-49(3,44)45)46-30-16-23(15-26(33(30)48)34(37)43)42-19-38-28-14-21(4-7-29(28)42)22-17-39-40(2)18-22/h4-7,14-20,24,30H,8-13H2,1-3H3,(H2,37,43)/t20-,30?/m1/s1. The number of halogens is 2. The number of aryl methyl sites for hydroxylation is 1. The minimum absolute atomic E-state index is 0.0695. The van der Waals surface area contributed by atoms with Crippen molar-refractivity contribution in [2.45, 2.75) is 38.1 Å². The highest BCUT2D eigenvalue weighted by molar-refractivity contribution is 7.90. The van der Waals surface area contributed by atoms with Crippen LogP contribution in [0.25, 0.3) is 27.9 Å². The third-order valence-corrected chi connectivity index (χ3v) is 10.5. The molecular weight excluding hydrogens is 691 g/mol. The number of ether oxygens (including phenoxy) is 2. The van der Waals surface area contributed by atoms with E-state index in [-0.39, 0.29) is 33.1 Å². The highest BCUT2D eigenvalue weighted by Gasteiger charge is 2.30. The van der Waals surface area contributed by atoms with Gasteiger partial charge in [-0.05, 0) is 55.7 Å². The first-order valence-corrected chi connectivity index (χ1v) is 18.6. The summed E-state index contributed by atoms with van der Waals surface area (Å²) in [5, 5.41) is 4.32. The van der Waals surface area contributed by atoms with Gasteiger partial charge < -0.3 is 20.1 Å². The summed E-state index contributed by atoms with van der Waals surface area (Å²) in [5.41, 5.74) is 10.4. The van der Waals surface area contributed by atoms with Crippen molar-refractivity contribution in [3.05, 3.63) is 83.2 Å². The SMILES string of the molecule is C[C@@H](OC1C=C(n2cnc3cc(-c4cnn(C)c4)ccc32)C=C(C(N)=O)C1=S)c1ccc(F)c(OC2CCN(CCS(C)(=O)=O)CC2)c1Cl. The number of carbonyl (C=O) groups excluding carboxylic acids is 1. The fraction of sp³-hybridized carbons (Fsp3) is 0.353. The number of benzene rings is 2. The molecule has 3 heterocycles. The van der Waals surface area contributed by atoms with Gasteiger partial charge in [-0.1, -0.05) is 36.0 Å². The van der Waals surface area contributed by atoms with Gasteiger partial charge in [-0.2, -0.15) is 5.10 Å². The number of nitrogens with zero attached hydrogens (tertiary/aromatic N) is 5. The van der Waals surface area contributed by atoms with Gasteiger partial charge in [-0.25, -0.2) is 17.8 Å². The van der Waals surface area contributed by atoms with Gasteiger partial charge in [0.25, 0.3) is 0 Å². The van der Waals surface area contributed by atoms with Crippen molar-refractivity contribution in [2.75, 3.05) is 31.6 Å². The van der Waals surface area contributed by atoms with Crippen molar-refractivity contribution in [2.24, 2.45) is 12.8 Å². The van der Waals surface area contributed by atoms with Crippen LogP contribution >= 0.6 is 23.8 Å². The van der Waals surface area contributed by atoms with Crippen molar-refractivity contribution >= 4 is 61.2 Å². The number of sulfone groups is 1. The second-order valence-electron chi connectivity index (χ2n) is 12.4. The summed E-state index contributed by atoms with van der Waals surface area (Å²) in [6.07, 6.45) is 9.34. The minimum atomic E-state index is -3.06. The Balaban J connectivity index is 1.21. The van der Waals surface area contributed by atoms with Crippen LogP contribution < -0.4 is 10.5 Å². The average Bonchev–Trinajstić information content (AvgIpc) is 3.69. The van der Waals surface area contributed by atoms with Crippen LogP contribution in [0.1, 0.15) is 31.4 Å². The van der Waals surface area contributed by atoms with Gasteiger partial charge in [0.05, 0.1) is 44.5 Å². The summed E-state index contributed by atoms with van der Waals surface area (Å²) in [6, 6.07) is 8.69. The zero-order chi connectivity index (χ0) is 35.0. The van der Waals surface area contributed by atoms with E-state index in [2.05, 4.69) is 15.0 Å². The Labute approximate surface area is 294 Å². The number of rotatable bonds is 11. The Bertz CT molecular complexity index is 2100. The molecule has 0 spiro atoms. The Morgan fingerprint density at radius 3 is 2.63 bits per heavy atom. The molecule has 4 aromatic rings. The smallest absolute Gasteiger partial charge is 0.250 e. The maximum Gasteiger partial charge on any atom is 0.250 e. The maximum atomic E-state index is 15.1. The van der Waals surface area contributed by atoms with Crippen molar-refractivity contribution in [1.29, 1.82) is 0 Å². The molecule has 0 bridgehead atoms. The molecule has 1 aliphatic heterocycles. The predicted molar refractivity (Wildman–Crippen MR) is 191 cm³/mol. The van der Waals surface area contributed by atoms with Crippen molar-refractivity contribution in [3.63, 3.8) is 0 Å². The number of allylic oxidation sites excluding steroid dienone is 2. The molecule has 1 saturated heterocycles. The van der Waals surface area contributed by atoms with Crippen molar-refractivity contribution < 1.29 is 27.1 Å². The van der Waals surface area contributed by atoms with Crippen LogP contribution in [-0.4, -0.2) is 87.3 Å². The lowest BCUT2D eigenvalue weighted by molar-refractivity contribution is -0.114. The fourth-order valence-corrected chi connectivity index (χ4v) is 7.26. The largest absolute Gasteiger partial charge is 0.486 e. The summed E-state index contributed by atoms with van der Waals surface area (Å²) in [6.45, 7) is 3.45. The minimum Gasteiger partial charge on any atom is -0.486 e. The summed E-state index contributed by atoms with van der Waals surface area (Å²) in [7, 11) is -1.20. The Hall–Kier alpha value is -3.95. The van der Waals surface area contributed by atoms with Crippen LogP contribution in [0, 0.1) is 5.82 Å². The second kappa shape index (κ2) is 14.1. The number of aromatic nitrogens is 4. The zero-order valence-electron chi connectivity index (χ0n) is 27.2. The van der Waals surface area contributed by atoms with Gasteiger partial charge in [-0.3, -0.25) is 14.0 Å². The van der Waals surface area contributed by atoms with Gasteiger partial charge >= 0.3 is 0 Å². The number of carbonyl (C=O) groups is 1. The molecule has 2 atom stereocenters.